The van der Waals surface area contributed by atoms with E-state index in [1.165, 1.54) is 19.3 Å². The van der Waals surface area contributed by atoms with Crippen LogP contribution in [0.1, 0.15) is 37.9 Å². The highest BCUT2D eigenvalue weighted by Gasteiger charge is 2.39. The van der Waals surface area contributed by atoms with Gasteiger partial charge in [0.15, 0.2) is 0 Å². The maximum atomic E-state index is 10.6. The van der Waals surface area contributed by atoms with E-state index in [2.05, 4.69) is 32.5 Å². The highest BCUT2D eigenvalue weighted by atomic mass is 16.5. The molecule has 0 radical (unpaired) electrons. The van der Waals surface area contributed by atoms with Crippen molar-refractivity contribution in [1.82, 2.24) is 19.4 Å². The maximum Gasteiger partial charge on any atom is 0.105 e. The van der Waals surface area contributed by atoms with Crippen molar-refractivity contribution < 1.29 is 9.84 Å². The first kappa shape index (κ1) is 18.4. The van der Waals surface area contributed by atoms with E-state index in [1.54, 1.807) is 0 Å². The summed E-state index contributed by atoms with van der Waals surface area (Å²) in [7, 11) is 0. The molecule has 3 saturated heterocycles. The number of nitrogens with zero attached hydrogens (tertiary/aromatic N) is 4. The summed E-state index contributed by atoms with van der Waals surface area (Å²) in [5.41, 5.74) is 0. The second-order valence-electron chi connectivity index (χ2n) is 8.37. The number of ether oxygens (including phenoxy) is 1. The fourth-order valence-corrected chi connectivity index (χ4v) is 5.04. The number of aliphatic hydroxyl groups excluding tert-OH is 1. The zero-order valence-electron chi connectivity index (χ0n) is 16.1. The van der Waals surface area contributed by atoms with Gasteiger partial charge in [-0.1, -0.05) is 0 Å². The number of β-amino-alcohol motifs (C(OH)–C–C–N with tert-alkyl or cyclic N) is 1. The number of aliphatic hydroxyl groups is 1. The number of hydrogen-bond acceptors (Lipinski definition) is 5. The molecule has 146 valence electrons. The maximum absolute atomic E-state index is 10.6. The van der Waals surface area contributed by atoms with E-state index in [0.717, 1.165) is 70.5 Å². The Balaban J connectivity index is 1.23. The molecule has 0 saturated carbocycles. The topological polar surface area (TPSA) is 53.8 Å². The lowest BCUT2D eigenvalue weighted by atomic mass is 9.92. The molecular weight excluding hydrogens is 328 g/mol. The van der Waals surface area contributed by atoms with Gasteiger partial charge in [0.1, 0.15) is 5.82 Å². The quantitative estimate of drug-likeness (QED) is 0.861. The molecule has 0 bridgehead atoms. The van der Waals surface area contributed by atoms with Gasteiger partial charge in [-0.2, -0.15) is 0 Å². The smallest absolute Gasteiger partial charge is 0.105 e. The summed E-state index contributed by atoms with van der Waals surface area (Å²) in [5, 5.41) is 10.6. The third-order valence-corrected chi connectivity index (χ3v) is 6.81. The Hall–Kier alpha value is -0.950. The lowest BCUT2D eigenvalue weighted by Crippen LogP contribution is -2.47. The van der Waals surface area contributed by atoms with Crippen molar-refractivity contribution in [3.63, 3.8) is 0 Å². The Labute approximate surface area is 157 Å². The Kier molecular flexibility index (Phi) is 5.93. The summed E-state index contributed by atoms with van der Waals surface area (Å²) in [6.45, 7) is 9.07. The van der Waals surface area contributed by atoms with Gasteiger partial charge in [-0.3, -0.25) is 9.80 Å². The van der Waals surface area contributed by atoms with Crippen molar-refractivity contribution in [1.29, 1.82) is 0 Å². The summed E-state index contributed by atoms with van der Waals surface area (Å²) >= 11 is 0. The van der Waals surface area contributed by atoms with E-state index >= 15 is 0 Å². The third kappa shape index (κ3) is 4.14. The van der Waals surface area contributed by atoms with E-state index < -0.39 is 0 Å². The Morgan fingerprint density at radius 1 is 1.12 bits per heavy atom. The van der Waals surface area contributed by atoms with Gasteiger partial charge in [-0.25, -0.2) is 4.98 Å². The van der Waals surface area contributed by atoms with Gasteiger partial charge in [0.25, 0.3) is 0 Å². The van der Waals surface area contributed by atoms with Crippen LogP contribution in [0.3, 0.4) is 0 Å². The molecule has 2 atom stereocenters. The predicted molar refractivity (Wildman–Crippen MR) is 101 cm³/mol. The van der Waals surface area contributed by atoms with Crippen LogP contribution in [0, 0.1) is 12.8 Å². The average molecular weight is 363 g/mol. The van der Waals surface area contributed by atoms with E-state index in [1.807, 2.05) is 6.20 Å². The minimum Gasteiger partial charge on any atom is -0.390 e. The molecule has 4 rings (SSSR count). The highest BCUT2D eigenvalue weighted by molar-refractivity contribution is 4.95. The number of aromatic nitrogens is 2. The molecule has 1 aromatic heterocycles. The van der Waals surface area contributed by atoms with Crippen molar-refractivity contribution in [2.24, 2.45) is 5.92 Å². The zero-order valence-corrected chi connectivity index (χ0v) is 16.1. The van der Waals surface area contributed by atoms with Gasteiger partial charge < -0.3 is 14.4 Å². The van der Waals surface area contributed by atoms with Crippen molar-refractivity contribution in [2.75, 3.05) is 39.4 Å². The highest BCUT2D eigenvalue weighted by Crippen LogP contribution is 2.28. The zero-order chi connectivity index (χ0) is 17.9. The second-order valence-corrected chi connectivity index (χ2v) is 8.37. The first-order valence-corrected chi connectivity index (χ1v) is 10.4. The lowest BCUT2D eigenvalue weighted by Gasteiger charge is -2.37. The number of aryl methyl sites for hydroxylation is 2. The summed E-state index contributed by atoms with van der Waals surface area (Å²) < 4.78 is 7.76. The molecule has 6 heteroatoms. The van der Waals surface area contributed by atoms with E-state index in [9.17, 15) is 5.11 Å². The largest absolute Gasteiger partial charge is 0.390 e. The minimum absolute atomic E-state index is 0.192. The van der Waals surface area contributed by atoms with Gasteiger partial charge in [-0.15, -0.1) is 0 Å². The molecule has 6 nitrogen and oxygen atoms in total. The Morgan fingerprint density at radius 3 is 2.58 bits per heavy atom. The molecule has 3 fully saturated rings. The van der Waals surface area contributed by atoms with Crippen molar-refractivity contribution in [2.45, 2.75) is 63.8 Å². The first-order valence-electron chi connectivity index (χ1n) is 10.4. The van der Waals surface area contributed by atoms with Crippen LogP contribution in [0.2, 0.25) is 0 Å². The van der Waals surface area contributed by atoms with Crippen LogP contribution >= 0.6 is 0 Å². The molecule has 1 N–H and O–H groups in total. The minimum atomic E-state index is -0.192. The van der Waals surface area contributed by atoms with Crippen LogP contribution in [-0.2, 0) is 11.3 Å². The Morgan fingerprint density at radius 2 is 1.88 bits per heavy atom. The molecular formula is C20H34N4O2. The van der Waals surface area contributed by atoms with E-state index in [4.69, 9.17) is 4.74 Å². The fraction of sp³-hybridized carbons (Fsp3) is 0.850. The summed E-state index contributed by atoms with van der Waals surface area (Å²) in [6, 6.07) is 0.939. The van der Waals surface area contributed by atoms with Gasteiger partial charge in [0.2, 0.25) is 0 Å². The Bertz CT molecular complexity index is 564. The molecule has 3 aliphatic heterocycles. The van der Waals surface area contributed by atoms with Crippen molar-refractivity contribution >= 4 is 0 Å². The van der Waals surface area contributed by atoms with Crippen LogP contribution in [-0.4, -0.2) is 82.0 Å². The fourth-order valence-electron chi connectivity index (χ4n) is 5.04. The average Bonchev–Trinajstić information content (AvgIpc) is 3.27. The van der Waals surface area contributed by atoms with Gasteiger partial charge >= 0.3 is 0 Å². The van der Waals surface area contributed by atoms with Crippen LogP contribution in [0.4, 0.5) is 0 Å². The van der Waals surface area contributed by atoms with Crippen LogP contribution in [0.25, 0.3) is 0 Å². The lowest BCUT2D eigenvalue weighted by molar-refractivity contribution is 0.0374. The SMILES string of the molecule is Cc1nccn1CCC1CCN([C@@H]2CN(C3CCOCC3)C[C@H]2O)CC1. The number of hydrogen-bond donors (Lipinski definition) is 1. The summed E-state index contributed by atoms with van der Waals surface area (Å²) in [4.78, 5) is 9.39. The first-order chi connectivity index (χ1) is 12.7. The molecule has 0 aliphatic carbocycles. The molecule has 1 aromatic rings. The second kappa shape index (κ2) is 8.38. The summed E-state index contributed by atoms with van der Waals surface area (Å²) in [5.74, 6) is 1.92. The van der Waals surface area contributed by atoms with Crippen molar-refractivity contribution in [3.05, 3.63) is 18.2 Å². The third-order valence-electron chi connectivity index (χ3n) is 6.81. The molecule has 4 heterocycles. The molecule has 0 amide bonds. The molecule has 0 unspecified atom stereocenters. The number of imidazole rings is 1. The van der Waals surface area contributed by atoms with Crippen LogP contribution in [0.5, 0.6) is 0 Å². The van der Waals surface area contributed by atoms with Crippen LogP contribution < -0.4 is 0 Å². The number of likely N-dealkylation sites (tertiary alicyclic amines) is 2. The molecule has 3 aliphatic rings. The van der Waals surface area contributed by atoms with Gasteiger partial charge in [-0.05, 0) is 58.0 Å². The monoisotopic (exact) mass is 362 g/mol. The van der Waals surface area contributed by atoms with Gasteiger partial charge in [0.05, 0.1) is 6.10 Å². The van der Waals surface area contributed by atoms with Gasteiger partial charge in [0, 0.05) is 57.3 Å². The van der Waals surface area contributed by atoms with E-state index in [-0.39, 0.29) is 6.10 Å². The predicted octanol–water partition coefficient (Wildman–Crippen LogP) is 1.52. The molecule has 0 spiro atoms. The molecule has 26 heavy (non-hydrogen) atoms. The van der Waals surface area contributed by atoms with Crippen molar-refractivity contribution in [3.8, 4) is 0 Å². The molecule has 0 aromatic carbocycles. The standard InChI is InChI=1S/C20H34N4O2/c1-16-21-7-11-22(16)8-2-17-3-9-23(10-4-17)19-14-24(15-20(19)25)18-5-12-26-13-6-18/h7,11,17-20,25H,2-6,8-10,12-15H2,1H3/t19-,20-/m1/s1. The van der Waals surface area contributed by atoms with E-state index in [0.29, 0.717) is 12.1 Å². The number of rotatable bonds is 5. The van der Waals surface area contributed by atoms with Crippen LogP contribution in [0.15, 0.2) is 12.4 Å². The summed E-state index contributed by atoms with van der Waals surface area (Å²) in [6.07, 6.45) is 9.79. The number of piperidine rings is 1. The normalized spacial score (nSPS) is 30.2.